The highest BCUT2D eigenvalue weighted by Gasteiger charge is 2.24. The molecule has 0 bridgehead atoms. The molecule has 9 heteroatoms. The molecule has 1 fully saturated rings. The van der Waals surface area contributed by atoms with Gasteiger partial charge in [0.05, 0.1) is 30.7 Å². The lowest BCUT2D eigenvalue weighted by Crippen LogP contribution is -2.26. The van der Waals surface area contributed by atoms with Crippen molar-refractivity contribution < 1.29 is 4.74 Å². The number of fused-ring (bicyclic) bond motifs is 1. The van der Waals surface area contributed by atoms with Crippen LogP contribution in [0.15, 0.2) is 31.0 Å². The van der Waals surface area contributed by atoms with Gasteiger partial charge in [-0.2, -0.15) is 0 Å². The van der Waals surface area contributed by atoms with Crippen LogP contribution in [0.1, 0.15) is 6.42 Å². The number of ether oxygens (including phenoxy) is 1. The summed E-state index contributed by atoms with van der Waals surface area (Å²) in [5.74, 6) is 1.40. The highest BCUT2D eigenvalue weighted by Crippen LogP contribution is 2.20. The summed E-state index contributed by atoms with van der Waals surface area (Å²) in [7, 11) is 1.72. The predicted molar refractivity (Wildman–Crippen MR) is 95.2 cm³/mol. The highest BCUT2D eigenvalue weighted by molar-refractivity contribution is 6.29. The van der Waals surface area contributed by atoms with Crippen molar-refractivity contribution in [2.24, 2.45) is 0 Å². The zero-order chi connectivity index (χ0) is 17.2. The van der Waals surface area contributed by atoms with Gasteiger partial charge in [-0.1, -0.05) is 11.6 Å². The van der Waals surface area contributed by atoms with Crippen molar-refractivity contribution in [2.45, 2.75) is 18.5 Å². The molecular formula is C16H18ClN7O. The summed E-state index contributed by atoms with van der Waals surface area (Å²) in [5.41, 5.74) is 1.60. The largest absolute Gasteiger partial charge is 0.383 e. The number of imidazole rings is 1. The first-order valence-corrected chi connectivity index (χ1v) is 8.40. The SMILES string of the molecule is COC[C@@H]1CC(Nc2cncc(-n3cnc4cnc(Cl)cc43)n2)CN1. The topological polar surface area (TPSA) is 89.8 Å². The van der Waals surface area contributed by atoms with E-state index in [9.17, 15) is 0 Å². The van der Waals surface area contributed by atoms with Crippen LogP contribution < -0.4 is 10.6 Å². The molecule has 2 N–H and O–H groups in total. The van der Waals surface area contributed by atoms with Crippen molar-refractivity contribution in [3.8, 4) is 5.82 Å². The third kappa shape index (κ3) is 3.41. The average molecular weight is 360 g/mol. The predicted octanol–water partition coefficient (Wildman–Crippen LogP) is 1.65. The first-order valence-electron chi connectivity index (χ1n) is 8.03. The van der Waals surface area contributed by atoms with Crippen LogP contribution in [-0.4, -0.2) is 56.8 Å². The van der Waals surface area contributed by atoms with Crippen LogP contribution in [0.5, 0.6) is 0 Å². The van der Waals surface area contributed by atoms with Gasteiger partial charge in [0.25, 0.3) is 0 Å². The molecule has 8 nitrogen and oxygen atoms in total. The third-order valence-electron chi connectivity index (χ3n) is 4.21. The number of pyridine rings is 1. The normalized spacial score (nSPS) is 20.2. The second-order valence-corrected chi connectivity index (χ2v) is 6.40. The molecule has 130 valence electrons. The van der Waals surface area contributed by atoms with E-state index in [1.165, 1.54) is 0 Å². The molecule has 0 aromatic carbocycles. The summed E-state index contributed by atoms with van der Waals surface area (Å²) in [4.78, 5) is 17.3. The Balaban J connectivity index is 1.56. The molecule has 0 radical (unpaired) electrons. The molecule has 0 amide bonds. The molecule has 3 aromatic rings. The Morgan fingerprint density at radius 3 is 3.16 bits per heavy atom. The summed E-state index contributed by atoms with van der Waals surface area (Å²) < 4.78 is 7.05. The van der Waals surface area contributed by atoms with Crippen molar-refractivity contribution in [2.75, 3.05) is 25.6 Å². The molecule has 0 aliphatic carbocycles. The molecule has 4 heterocycles. The van der Waals surface area contributed by atoms with Gasteiger partial charge in [0, 0.05) is 31.8 Å². The summed E-state index contributed by atoms with van der Waals surface area (Å²) in [6.45, 7) is 1.58. The summed E-state index contributed by atoms with van der Waals surface area (Å²) in [6, 6.07) is 2.43. The maximum atomic E-state index is 6.00. The molecule has 1 saturated heterocycles. The van der Waals surface area contributed by atoms with E-state index in [2.05, 4.69) is 30.6 Å². The van der Waals surface area contributed by atoms with Gasteiger partial charge in [0.2, 0.25) is 0 Å². The van der Waals surface area contributed by atoms with Crippen LogP contribution in [0.2, 0.25) is 5.15 Å². The average Bonchev–Trinajstić information content (AvgIpc) is 3.22. The highest BCUT2D eigenvalue weighted by atomic mass is 35.5. The number of hydrogen-bond donors (Lipinski definition) is 2. The van der Waals surface area contributed by atoms with Crippen LogP contribution >= 0.6 is 11.6 Å². The van der Waals surface area contributed by atoms with Gasteiger partial charge in [-0.3, -0.25) is 9.55 Å². The van der Waals surface area contributed by atoms with Crippen LogP contribution in [0, 0.1) is 0 Å². The summed E-state index contributed by atoms with van der Waals surface area (Å²) in [6.07, 6.45) is 7.74. The van der Waals surface area contributed by atoms with Gasteiger partial charge in [0.1, 0.15) is 22.8 Å². The van der Waals surface area contributed by atoms with E-state index >= 15 is 0 Å². The molecule has 2 atom stereocenters. The number of nitrogens with one attached hydrogen (secondary N) is 2. The Morgan fingerprint density at radius 1 is 1.36 bits per heavy atom. The zero-order valence-electron chi connectivity index (χ0n) is 13.7. The Morgan fingerprint density at radius 2 is 2.28 bits per heavy atom. The monoisotopic (exact) mass is 359 g/mol. The van der Waals surface area contributed by atoms with E-state index in [1.807, 2.05) is 4.57 Å². The number of nitrogens with zero attached hydrogens (tertiary/aromatic N) is 5. The standard InChI is InChI=1S/C16H18ClN7O/c1-25-8-11-2-10(4-19-11)22-15-6-18-7-16(23-15)24-9-21-12-5-20-14(17)3-13(12)24/h3,5-7,9-11,19H,2,4,8H2,1H3,(H,22,23)/t10?,11-/m0/s1. The van der Waals surface area contributed by atoms with E-state index in [-0.39, 0.29) is 0 Å². The van der Waals surface area contributed by atoms with Gasteiger partial charge in [0.15, 0.2) is 5.82 Å². The van der Waals surface area contributed by atoms with Gasteiger partial charge in [-0.25, -0.2) is 15.0 Å². The van der Waals surface area contributed by atoms with Crippen molar-refractivity contribution >= 4 is 28.5 Å². The van der Waals surface area contributed by atoms with Crippen molar-refractivity contribution in [3.63, 3.8) is 0 Å². The van der Waals surface area contributed by atoms with E-state index in [0.717, 1.165) is 29.8 Å². The molecule has 25 heavy (non-hydrogen) atoms. The molecule has 3 aromatic heterocycles. The van der Waals surface area contributed by atoms with Crippen LogP contribution in [-0.2, 0) is 4.74 Å². The quantitative estimate of drug-likeness (QED) is 0.669. The molecule has 1 unspecified atom stereocenters. The first-order chi connectivity index (χ1) is 12.2. The molecule has 1 aliphatic heterocycles. The Hall–Kier alpha value is -2.29. The van der Waals surface area contributed by atoms with Crippen LogP contribution in [0.4, 0.5) is 5.82 Å². The number of hydrogen-bond acceptors (Lipinski definition) is 7. The first kappa shape index (κ1) is 16.2. The zero-order valence-corrected chi connectivity index (χ0v) is 14.4. The van der Waals surface area contributed by atoms with Crippen LogP contribution in [0.3, 0.4) is 0 Å². The van der Waals surface area contributed by atoms with E-state index < -0.39 is 0 Å². The van der Waals surface area contributed by atoms with Gasteiger partial charge >= 0.3 is 0 Å². The molecule has 4 rings (SSSR count). The van der Waals surface area contributed by atoms with Gasteiger partial charge in [-0.15, -0.1) is 0 Å². The smallest absolute Gasteiger partial charge is 0.159 e. The second-order valence-electron chi connectivity index (χ2n) is 6.01. The second kappa shape index (κ2) is 6.91. The van der Waals surface area contributed by atoms with Crippen molar-refractivity contribution in [1.29, 1.82) is 0 Å². The lowest BCUT2D eigenvalue weighted by atomic mass is 10.2. The summed E-state index contributed by atoms with van der Waals surface area (Å²) in [5, 5.41) is 7.27. The van der Waals surface area contributed by atoms with Crippen LogP contribution in [0.25, 0.3) is 16.9 Å². The maximum absolute atomic E-state index is 6.00. The third-order valence-corrected chi connectivity index (χ3v) is 4.42. The number of halogens is 1. The Labute approximate surface area is 149 Å². The minimum atomic E-state index is 0.294. The fourth-order valence-corrected chi connectivity index (χ4v) is 3.23. The Bertz CT molecular complexity index is 884. The number of anilines is 1. The van der Waals surface area contributed by atoms with Crippen molar-refractivity contribution in [1.82, 2.24) is 29.8 Å². The van der Waals surface area contributed by atoms with Gasteiger partial charge < -0.3 is 15.4 Å². The Kier molecular flexibility index (Phi) is 4.48. The van der Waals surface area contributed by atoms with E-state index in [1.54, 1.807) is 38.1 Å². The van der Waals surface area contributed by atoms with E-state index in [4.69, 9.17) is 16.3 Å². The molecular weight excluding hydrogens is 342 g/mol. The molecule has 0 saturated carbocycles. The number of aromatic nitrogens is 5. The number of rotatable bonds is 5. The fraction of sp³-hybridized carbons (Fsp3) is 0.375. The van der Waals surface area contributed by atoms with E-state index in [0.29, 0.717) is 29.7 Å². The number of methoxy groups -OCH3 is 1. The minimum Gasteiger partial charge on any atom is -0.383 e. The maximum Gasteiger partial charge on any atom is 0.159 e. The molecule has 0 spiro atoms. The lowest BCUT2D eigenvalue weighted by Gasteiger charge is -2.13. The summed E-state index contributed by atoms with van der Waals surface area (Å²) >= 11 is 6.00. The lowest BCUT2D eigenvalue weighted by molar-refractivity contribution is 0.173. The molecule has 1 aliphatic rings. The fourth-order valence-electron chi connectivity index (χ4n) is 3.08. The minimum absolute atomic E-state index is 0.294. The van der Waals surface area contributed by atoms with Crippen molar-refractivity contribution in [3.05, 3.63) is 36.1 Å². The van der Waals surface area contributed by atoms with Gasteiger partial charge in [-0.05, 0) is 6.42 Å².